The van der Waals surface area contributed by atoms with Crippen LogP contribution in [0.3, 0.4) is 0 Å². The molecule has 0 aliphatic heterocycles. The lowest BCUT2D eigenvalue weighted by atomic mass is 10.1. The summed E-state index contributed by atoms with van der Waals surface area (Å²) in [5.41, 5.74) is 7.26. The summed E-state index contributed by atoms with van der Waals surface area (Å²) in [6.45, 7) is 2.60. The Labute approximate surface area is 160 Å². The van der Waals surface area contributed by atoms with Crippen molar-refractivity contribution >= 4 is 17.5 Å². The van der Waals surface area contributed by atoms with Gasteiger partial charge in [0, 0.05) is 17.8 Å². The Bertz CT molecular complexity index is 978. The summed E-state index contributed by atoms with van der Waals surface area (Å²) < 4.78 is 5.32. The molecule has 3 aromatic rings. The number of nitrogens with zero attached hydrogens (tertiary/aromatic N) is 1. The molecule has 0 bridgehead atoms. The molecule has 9 heteroatoms. The summed E-state index contributed by atoms with van der Waals surface area (Å²) in [5, 5.41) is 22.1. The Morgan fingerprint density at radius 3 is 2.82 bits per heavy atom. The predicted octanol–water partition coefficient (Wildman–Crippen LogP) is 2.01. The lowest BCUT2D eigenvalue weighted by Crippen LogP contribution is -2.26. The molecule has 0 radical (unpaired) electrons. The molecule has 0 saturated heterocycles. The average Bonchev–Trinajstić information content (AvgIpc) is 3.32. The number of benzene rings is 1. The molecule has 9 nitrogen and oxygen atoms in total. The molecule has 2 amide bonds. The molecule has 0 fully saturated rings. The molecule has 0 spiro atoms. The third-order valence-corrected chi connectivity index (χ3v) is 4.16. The number of amides is 2. The predicted molar refractivity (Wildman–Crippen MR) is 103 cm³/mol. The zero-order valence-electron chi connectivity index (χ0n) is 15.3. The highest BCUT2D eigenvalue weighted by molar-refractivity contribution is 6.06. The average molecular weight is 383 g/mol. The Hall–Kier alpha value is -3.59. The molecule has 3 rings (SSSR count). The first-order valence-electron chi connectivity index (χ1n) is 8.72. The van der Waals surface area contributed by atoms with Gasteiger partial charge in [0.15, 0.2) is 11.5 Å². The second kappa shape index (κ2) is 8.40. The molecule has 6 N–H and O–H groups in total. The minimum Gasteiger partial charge on any atom is -0.507 e. The number of anilines is 1. The number of phenols is 1. The van der Waals surface area contributed by atoms with Gasteiger partial charge in [-0.3, -0.25) is 14.7 Å². The van der Waals surface area contributed by atoms with Gasteiger partial charge in [-0.05, 0) is 50.2 Å². The van der Waals surface area contributed by atoms with Crippen LogP contribution >= 0.6 is 0 Å². The van der Waals surface area contributed by atoms with Gasteiger partial charge in [0.2, 0.25) is 0 Å². The van der Waals surface area contributed by atoms with Gasteiger partial charge in [0.25, 0.3) is 11.8 Å². The topological polar surface area (TPSA) is 146 Å². The number of rotatable bonds is 7. The minimum atomic E-state index is -0.452. The Balaban J connectivity index is 1.76. The zero-order valence-corrected chi connectivity index (χ0v) is 15.3. The summed E-state index contributed by atoms with van der Waals surface area (Å²) in [6.07, 6.45) is 2.16. The van der Waals surface area contributed by atoms with Gasteiger partial charge in [-0.2, -0.15) is 5.10 Å². The van der Waals surface area contributed by atoms with E-state index in [1.807, 2.05) is 0 Å². The quantitative estimate of drug-likeness (QED) is 0.311. The number of aromatic hydroxyl groups is 1. The van der Waals surface area contributed by atoms with Crippen molar-refractivity contribution in [3.05, 3.63) is 53.4 Å². The van der Waals surface area contributed by atoms with Crippen LogP contribution in [0.4, 0.5) is 5.69 Å². The molecule has 2 heterocycles. The number of phenolic OH excluding ortho intramolecular Hbond substituents is 1. The molecular formula is C19H21N5O4. The zero-order chi connectivity index (χ0) is 20.1. The van der Waals surface area contributed by atoms with Crippen LogP contribution in [0.15, 0.2) is 41.0 Å². The first-order valence-corrected chi connectivity index (χ1v) is 8.72. The van der Waals surface area contributed by atoms with E-state index < -0.39 is 11.8 Å². The summed E-state index contributed by atoms with van der Waals surface area (Å²) in [5.74, 6) is -0.505. The molecule has 0 aliphatic rings. The van der Waals surface area contributed by atoms with Crippen LogP contribution in [-0.4, -0.2) is 40.2 Å². The highest BCUT2D eigenvalue weighted by Crippen LogP contribution is 2.25. The summed E-state index contributed by atoms with van der Waals surface area (Å²) in [4.78, 5) is 24.8. The monoisotopic (exact) mass is 383 g/mol. The van der Waals surface area contributed by atoms with Crippen molar-refractivity contribution in [1.82, 2.24) is 15.5 Å². The van der Waals surface area contributed by atoms with Crippen molar-refractivity contribution in [2.75, 3.05) is 18.4 Å². The third kappa shape index (κ3) is 4.04. The molecule has 1 aromatic carbocycles. The number of aromatic amines is 1. The molecule has 0 saturated carbocycles. The van der Waals surface area contributed by atoms with Gasteiger partial charge in [0.05, 0.1) is 11.8 Å². The maximum atomic E-state index is 12.6. The van der Waals surface area contributed by atoms with Crippen molar-refractivity contribution < 1.29 is 19.1 Å². The van der Waals surface area contributed by atoms with Gasteiger partial charge in [-0.15, -0.1) is 0 Å². The van der Waals surface area contributed by atoms with Crippen LogP contribution in [0.25, 0.3) is 11.5 Å². The number of furan rings is 1. The van der Waals surface area contributed by atoms with E-state index in [-0.39, 0.29) is 17.0 Å². The lowest BCUT2D eigenvalue weighted by molar-refractivity contribution is 0.0949. The Morgan fingerprint density at radius 2 is 2.11 bits per heavy atom. The second-order valence-corrected chi connectivity index (χ2v) is 6.13. The standard InChI is InChI=1S/C19H21N5O4/c1-11-16(15-4-2-9-28-15)23-24-17(11)19(27)22-12-5-6-14(25)13(10-12)18(26)21-8-3-7-20/h2,4-6,9-10,25H,3,7-8,20H2,1H3,(H,21,26)(H,22,27)(H,23,24). The largest absolute Gasteiger partial charge is 0.507 e. The van der Waals surface area contributed by atoms with E-state index in [4.69, 9.17) is 10.2 Å². The maximum Gasteiger partial charge on any atom is 0.276 e. The SMILES string of the molecule is Cc1c(C(=O)Nc2ccc(O)c(C(=O)NCCCN)c2)n[nH]c1-c1ccco1. The van der Waals surface area contributed by atoms with E-state index in [1.165, 1.54) is 24.5 Å². The van der Waals surface area contributed by atoms with Crippen LogP contribution in [0.5, 0.6) is 5.75 Å². The maximum absolute atomic E-state index is 12.6. The fourth-order valence-corrected chi connectivity index (χ4v) is 2.66. The Morgan fingerprint density at radius 1 is 1.29 bits per heavy atom. The van der Waals surface area contributed by atoms with E-state index in [9.17, 15) is 14.7 Å². The normalized spacial score (nSPS) is 10.6. The Kier molecular flexibility index (Phi) is 5.75. The van der Waals surface area contributed by atoms with Gasteiger partial charge in [0.1, 0.15) is 11.4 Å². The van der Waals surface area contributed by atoms with Gasteiger partial charge in [-0.25, -0.2) is 0 Å². The van der Waals surface area contributed by atoms with Crippen LogP contribution in [0.2, 0.25) is 0 Å². The molecule has 28 heavy (non-hydrogen) atoms. The fourth-order valence-electron chi connectivity index (χ4n) is 2.66. The van der Waals surface area contributed by atoms with Crippen LogP contribution < -0.4 is 16.4 Å². The molecule has 0 aliphatic carbocycles. The van der Waals surface area contributed by atoms with Crippen molar-refractivity contribution in [3.63, 3.8) is 0 Å². The molecular weight excluding hydrogens is 362 g/mol. The molecule has 2 aromatic heterocycles. The summed E-state index contributed by atoms with van der Waals surface area (Å²) in [7, 11) is 0. The van der Waals surface area contributed by atoms with E-state index in [0.29, 0.717) is 42.2 Å². The number of hydrogen-bond donors (Lipinski definition) is 5. The van der Waals surface area contributed by atoms with Crippen molar-refractivity contribution in [1.29, 1.82) is 0 Å². The number of carbonyl (C=O) groups excluding carboxylic acids is 2. The van der Waals surface area contributed by atoms with Crippen molar-refractivity contribution in [2.24, 2.45) is 5.73 Å². The highest BCUT2D eigenvalue weighted by Gasteiger charge is 2.19. The van der Waals surface area contributed by atoms with Crippen LogP contribution in [-0.2, 0) is 0 Å². The molecule has 0 unspecified atom stereocenters. The van der Waals surface area contributed by atoms with E-state index in [0.717, 1.165) is 0 Å². The smallest absolute Gasteiger partial charge is 0.276 e. The number of hydrogen-bond acceptors (Lipinski definition) is 6. The number of nitrogens with one attached hydrogen (secondary N) is 3. The van der Waals surface area contributed by atoms with Crippen LogP contribution in [0, 0.1) is 6.92 Å². The third-order valence-electron chi connectivity index (χ3n) is 4.16. The first kappa shape index (κ1) is 19.2. The van der Waals surface area contributed by atoms with E-state index >= 15 is 0 Å². The number of carbonyl (C=O) groups is 2. The van der Waals surface area contributed by atoms with Crippen molar-refractivity contribution in [3.8, 4) is 17.2 Å². The molecule has 0 atom stereocenters. The highest BCUT2D eigenvalue weighted by atomic mass is 16.3. The summed E-state index contributed by atoms with van der Waals surface area (Å²) in [6, 6.07) is 7.75. The minimum absolute atomic E-state index is 0.0600. The van der Waals surface area contributed by atoms with Gasteiger partial charge < -0.3 is 25.9 Å². The van der Waals surface area contributed by atoms with E-state index in [2.05, 4.69) is 20.8 Å². The number of aromatic nitrogens is 2. The number of H-pyrrole nitrogens is 1. The second-order valence-electron chi connectivity index (χ2n) is 6.13. The van der Waals surface area contributed by atoms with Gasteiger partial charge >= 0.3 is 0 Å². The first-order chi connectivity index (χ1) is 13.5. The lowest BCUT2D eigenvalue weighted by Gasteiger charge is -2.09. The fraction of sp³-hybridized carbons (Fsp3) is 0.211. The van der Waals surface area contributed by atoms with Crippen LogP contribution in [0.1, 0.15) is 32.8 Å². The van der Waals surface area contributed by atoms with Crippen molar-refractivity contribution in [2.45, 2.75) is 13.3 Å². The number of nitrogens with two attached hydrogens (primary N) is 1. The van der Waals surface area contributed by atoms with E-state index in [1.54, 1.807) is 19.1 Å². The molecule has 146 valence electrons. The van der Waals surface area contributed by atoms with Gasteiger partial charge in [-0.1, -0.05) is 0 Å². The summed E-state index contributed by atoms with van der Waals surface area (Å²) >= 11 is 0.